The topological polar surface area (TPSA) is 104 Å². The molecule has 0 fully saturated rings. The number of carbonyl (C=O) groups is 1. The van der Waals surface area contributed by atoms with Crippen LogP contribution >= 0.6 is 0 Å². The van der Waals surface area contributed by atoms with Gasteiger partial charge in [-0.1, -0.05) is 0 Å². The first-order valence-corrected chi connectivity index (χ1v) is 9.47. The van der Waals surface area contributed by atoms with Crippen molar-refractivity contribution >= 4 is 17.4 Å². The van der Waals surface area contributed by atoms with E-state index < -0.39 is 5.91 Å². The second kappa shape index (κ2) is 6.94. The molecule has 0 unspecified atom stereocenters. The Hall–Kier alpha value is -4.21. The molecule has 31 heavy (non-hydrogen) atoms. The van der Waals surface area contributed by atoms with E-state index >= 15 is 0 Å². The number of primary amides is 1. The molecular formula is C21H18FN7O2. The maximum atomic E-state index is 13.4. The Labute approximate surface area is 176 Å². The van der Waals surface area contributed by atoms with Crippen LogP contribution in [0.15, 0.2) is 54.6 Å². The molecule has 1 aliphatic rings. The number of amides is 1. The summed E-state index contributed by atoms with van der Waals surface area (Å²) in [6.07, 6.45) is 3.02. The van der Waals surface area contributed by atoms with Gasteiger partial charge in [0.25, 0.3) is 5.91 Å². The zero-order chi connectivity index (χ0) is 21.7. The number of imidazole rings is 2. The van der Waals surface area contributed by atoms with Gasteiger partial charge >= 0.3 is 0 Å². The molecule has 5 rings (SSSR count). The molecule has 4 heterocycles. The number of aromatic nitrogens is 5. The molecule has 0 atom stereocenters. The fourth-order valence-electron chi connectivity index (χ4n) is 3.54. The Morgan fingerprint density at radius 3 is 2.68 bits per heavy atom. The van der Waals surface area contributed by atoms with Crippen molar-refractivity contribution < 1.29 is 13.9 Å². The van der Waals surface area contributed by atoms with Crippen molar-refractivity contribution in [1.82, 2.24) is 24.1 Å². The highest BCUT2D eigenvalue weighted by molar-refractivity contribution is 5.95. The third-order valence-corrected chi connectivity index (χ3v) is 5.20. The Bertz CT molecular complexity index is 1350. The number of fused-ring (bicyclic) bond motifs is 1. The van der Waals surface area contributed by atoms with Gasteiger partial charge in [-0.3, -0.25) is 9.69 Å². The van der Waals surface area contributed by atoms with Crippen molar-refractivity contribution in [2.75, 3.05) is 11.6 Å². The van der Waals surface area contributed by atoms with Crippen LogP contribution in [0.4, 0.5) is 10.2 Å². The number of carbonyl (C=O) groups excluding carboxylic acids is 1. The zero-order valence-corrected chi connectivity index (χ0v) is 16.8. The van der Waals surface area contributed by atoms with Crippen LogP contribution in [0.3, 0.4) is 0 Å². The molecule has 1 aliphatic heterocycles. The lowest BCUT2D eigenvalue weighted by Gasteiger charge is -2.13. The minimum atomic E-state index is -0.600. The van der Waals surface area contributed by atoms with E-state index in [0.29, 0.717) is 22.9 Å². The summed E-state index contributed by atoms with van der Waals surface area (Å²) in [7, 11) is 1.90. The number of hydrogen-bond donors (Lipinski definition) is 1. The minimum absolute atomic E-state index is 0.144. The van der Waals surface area contributed by atoms with E-state index in [1.165, 1.54) is 18.4 Å². The maximum Gasteiger partial charge on any atom is 0.268 e. The van der Waals surface area contributed by atoms with E-state index in [0.717, 1.165) is 17.1 Å². The van der Waals surface area contributed by atoms with Gasteiger partial charge in [0, 0.05) is 12.6 Å². The fraction of sp³-hybridized carbons (Fsp3) is 0.143. The van der Waals surface area contributed by atoms with E-state index in [4.69, 9.17) is 15.6 Å². The third-order valence-electron chi connectivity index (χ3n) is 5.20. The fourth-order valence-corrected chi connectivity index (χ4v) is 3.54. The Morgan fingerprint density at radius 1 is 1.16 bits per heavy atom. The number of hydrogen-bond acceptors (Lipinski definition) is 6. The SMILES string of the molecule is Cc1nc(-c2ccc(F)cc2)c(-c2ccc3nc(N4COC=C4C(N)=O)cn3n2)n1C. The Balaban J connectivity index is 1.60. The van der Waals surface area contributed by atoms with Gasteiger partial charge in [0.2, 0.25) is 0 Å². The summed E-state index contributed by atoms with van der Waals surface area (Å²) in [5, 5.41) is 4.70. The van der Waals surface area contributed by atoms with Crippen LogP contribution < -0.4 is 10.6 Å². The number of nitrogens with zero attached hydrogens (tertiary/aromatic N) is 6. The number of anilines is 1. The number of aryl methyl sites for hydroxylation is 1. The lowest BCUT2D eigenvalue weighted by molar-refractivity contribution is -0.114. The van der Waals surface area contributed by atoms with E-state index in [1.54, 1.807) is 27.7 Å². The lowest BCUT2D eigenvalue weighted by atomic mass is 10.1. The molecule has 0 spiro atoms. The summed E-state index contributed by atoms with van der Waals surface area (Å²) < 4.78 is 22.2. The second-order valence-electron chi connectivity index (χ2n) is 7.13. The van der Waals surface area contributed by atoms with Crippen LogP contribution in [0, 0.1) is 12.7 Å². The average molecular weight is 419 g/mol. The van der Waals surface area contributed by atoms with Crippen LogP contribution in [-0.2, 0) is 16.6 Å². The predicted octanol–water partition coefficient (Wildman–Crippen LogP) is 2.37. The molecule has 156 valence electrons. The molecule has 9 nitrogen and oxygen atoms in total. The summed E-state index contributed by atoms with van der Waals surface area (Å²) in [6.45, 7) is 2.04. The van der Waals surface area contributed by atoms with Crippen molar-refractivity contribution in [1.29, 1.82) is 0 Å². The largest absolute Gasteiger partial charge is 0.478 e. The summed E-state index contributed by atoms with van der Waals surface area (Å²) >= 11 is 0. The van der Waals surface area contributed by atoms with Crippen LogP contribution in [-0.4, -0.2) is 36.8 Å². The molecular weight excluding hydrogens is 401 g/mol. The Morgan fingerprint density at radius 2 is 1.94 bits per heavy atom. The molecule has 0 radical (unpaired) electrons. The molecule has 1 amide bonds. The average Bonchev–Trinajstić information content (AvgIpc) is 3.45. The minimum Gasteiger partial charge on any atom is -0.478 e. The molecule has 3 aromatic heterocycles. The van der Waals surface area contributed by atoms with Crippen molar-refractivity contribution in [2.45, 2.75) is 6.92 Å². The third kappa shape index (κ3) is 3.08. The van der Waals surface area contributed by atoms with E-state index in [9.17, 15) is 9.18 Å². The van der Waals surface area contributed by atoms with Crippen molar-refractivity contribution in [3.05, 3.63) is 66.2 Å². The second-order valence-corrected chi connectivity index (χ2v) is 7.13. The van der Waals surface area contributed by atoms with Gasteiger partial charge in [-0.2, -0.15) is 5.10 Å². The lowest BCUT2D eigenvalue weighted by Crippen LogP contribution is -2.28. The molecule has 0 bridgehead atoms. The van der Waals surface area contributed by atoms with Gasteiger partial charge in [0.1, 0.15) is 29.3 Å². The predicted molar refractivity (Wildman–Crippen MR) is 111 cm³/mol. The number of rotatable bonds is 4. The summed E-state index contributed by atoms with van der Waals surface area (Å²) in [5.74, 6) is 0.386. The summed E-state index contributed by atoms with van der Waals surface area (Å²) in [6, 6.07) is 9.88. The van der Waals surface area contributed by atoms with Gasteiger partial charge in [-0.15, -0.1) is 0 Å². The molecule has 0 saturated heterocycles. The van der Waals surface area contributed by atoms with E-state index in [2.05, 4.69) is 9.97 Å². The molecule has 1 aromatic carbocycles. The monoisotopic (exact) mass is 419 g/mol. The molecule has 0 aliphatic carbocycles. The van der Waals surface area contributed by atoms with Gasteiger partial charge in [-0.05, 0) is 43.3 Å². The van der Waals surface area contributed by atoms with E-state index in [1.807, 2.05) is 30.7 Å². The first-order chi connectivity index (χ1) is 14.9. The smallest absolute Gasteiger partial charge is 0.268 e. The first kappa shape index (κ1) is 18.8. The van der Waals surface area contributed by atoms with Crippen LogP contribution in [0.1, 0.15) is 5.82 Å². The van der Waals surface area contributed by atoms with Crippen molar-refractivity contribution in [3.63, 3.8) is 0 Å². The van der Waals surface area contributed by atoms with Gasteiger partial charge in [-0.25, -0.2) is 18.9 Å². The molecule has 2 N–H and O–H groups in total. The van der Waals surface area contributed by atoms with Gasteiger partial charge in [0.05, 0.1) is 17.6 Å². The summed E-state index contributed by atoms with van der Waals surface area (Å²) in [4.78, 5) is 22.4. The maximum absolute atomic E-state index is 13.4. The van der Waals surface area contributed by atoms with E-state index in [-0.39, 0.29) is 18.2 Å². The highest BCUT2D eigenvalue weighted by atomic mass is 19.1. The Kier molecular flexibility index (Phi) is 4.21. The standard InChI is InChI=1S/C21H18FN7O2/c1-12-24-19(13-3-5-14(22)6-4-13)20(27(12)2)15-7-8-17-25-18(9-29(17)26-15)28-11-31-10-16(28)21(23)30/h3-10H,11H2,1-2H3,(H2,23,30). The number of ether oxygens (including phenoxy) is 1. The highest BCUT2D eigenvalue weighted by Crippen LogP contribution is 2.32. The quantitative estimate of drug-likeness (QED) is 0.545. The molecule has 4 aromatic rings. The van der Waals surface area contributed by atoms with Crippen LogP contribution in [0.5, 0.6) is 0 Å². The molecule has 10 heteroatoms. The number of nitrogens with two attached hydrogens (primary N) is 1. The normalized spacial score (nSPS) is 13.5. The summed E-state index contributed by atoms with van der Waals surface area (Å²) in [5.41, 5.74) is 9.19. The van der Waals surface area contributed by atoms with Gasteiger partial charge < -0.3 is 15.0 Å². The highest BCUT2D eigenvalue weighted by Gasteiger charge is 2.25. The van der Waals surface area contributed by atoms with Crippen molar-refractivity contribution in [3.8, 4) is 22.6 Å². The molecule has 0 saturated carbocycles. The number of halogens is 1. The van der Waals surface area contributed by atoms with Crippen LogP contribution in [0.2, 0.25) is 0 Å². The first-order valence-electron chi connectivity index (χ1n) is 9.47. The number of benzene rings is 1. The van der Waals surface area contributed by atoms with Gasteiger partial charge in [0.15, 0.2) is 18.2 Å². The van der Waals surface area contributed by atoms with Crippen LogP contribution in [0.25, 0.3) is 28.3 Å². The van der Waals surface area contributed by atoms with Crippen molar-refractivity contribution in [2.24, 2.45) is 12.8 Å². The zero-order valence-electron chi connectivity index (χ0n) is 16.8.